The van der Waals surface area contributed by atoms with Crippen LogP contribution in [0.2, 0.25) is 0 Å². The third-order valence-corrected chi connectivity index (χ3v) is 1.23. The number of nitrogens with one attached hydrogen (secondary N) is 1. The van der Waals surface area contributed by atoms with Crippen LogP contribution in [-0.4, -0.2) is 0 Å². The summed E-state index contributed by atoms with van der Waals surface area (Å²) in [5, 5.41) is 0. The minimum Gasteiger partial charge on any atom is -0.332 e. The highest BCUT2D eigenvalue weighted by molar-refractivity contribution is 7.81. The van der Waals surface area contributed by atoms with E-state index in [1.807, 2.05) is 0 Å². The van der Waals surface area contributed by atoms with Crippen molar-refractivity contribution in [1.29, 1.82) is 0 Å². The number of anilines is 1. The fourth-order valence-corrected chi connectivity index (χ4v) is 0.673. The summed E-state index contributed by atoms with van der Waals surface area (Å²) in [5.74, 6) is -0.234. The van der Waals surface area contributed by atoms with Crippen molar-refractivity contribution in [3.8, 4) is 0 Å². The molecule has 0 saturated carbocycles. The number of hydrogen-bond donors (Lipinski definition) is 2. The van der Waals surface area contributed by atoms with E-state index in [0.717, 1.165) is 5.69 Å². The SMILES string of the molecule is Fc1ccc(NS)cc1. The highest BCUT2D eigenvalue weighted by Gasteiger charge is 1.87. The molecule has 0 fully saturated rings. The summed E-state index contributed by atoms with van der Waals surface area (Å²) in [6.45, 7) is 0. The highest BCUT2D eigenvalue weighted by atomic mass is 32.1. The molecule has 0 atom stereocenters. The van der Waals surface area contributed by atoms with Crippen LogP contribution in [0.3, 0.4) is 0 Å². The monoisotopic (exact) mass is 143 g/mol. The van der Waals surface area contributed by atoms with Crippen molar-refractivity contribution in [3.63, 3.8) is 0 Å². The summed E-state index contributed by atoms with van der Waals surface area (Å²) in [7, 11) is 0. The molecule has 1 nitrogen and oxygen atoms in total. The summed E-state index contributed by atoms with van der Waals surface area (Å²) in [6.07, 6.45) is 0. The molecule has 0 unspecified atom stereocenters. The number of halogens is 1. The smallest absolute Gasteiger partial charge is 0.123 e. The molecule has 0 aliphatic rings. The Hall–Kier alpha value is -0.700. The van der Waals surface area contributed by atoms with Crippen LogP contribution in [0.5, 0.6) is 0 Å². The van der Waals surface area contributed by atoms with E-state index in [4.69, 9.17) is 0 Å². The first-order valence-corrected chi connectivity index (χ1v) is 2.93. The molecule has 9 heavy (non-hydrogen) atoms. The van der Waals surface area contributed by atoms with Gasteiger partial charge in [-0.25, -0.2) is 4.39 Å². The van der Waals surface area contributed by atoms with Crippen LogP contribution < -0.4 is 4.72 Å². The van der Waals surface area contributed by atoms with E-state index >= 15 is 0 Å². The minimum absolute atomic E-state index is 0.234. The van der Waals surface area contributed by atoms with Crippen LogP contribution in [-0.2, 0) is 0 Å². The lowest BCUT2D eigenvalue weighted by atomic mass is 10.3. The van der Waals surface area contributed by atoms with Crippen LogP contribution in [0.1, 0.15) is 0 Å². The van der Waals surface area contributed by atoms with Crippen LogP contribution in [0.15, 0.2) is 24.3 Å². The topological polar surface area (TPSA) is 12.0 Å². The molecule has 0 saturated heterocycles. The maximum Gasteiger partial charge on any atom is 0.123 e. The zero-order valence-electron chi connectivity index (χ0n) is 4.63. The first-order chi connectivity index (χ1) is 4.33. The van der Waals surface area contributed by atoms with E-state index in [0.29, 0.717) is 0 Å². The van der Waals surface area contributed by atoms with Crippen molar-refractivity contribution in [3.05, 3.63) is 30.1 Å². The molecule has 3 heteroatoms. The summed E-state index contributed by atoms with van der Waals surface area (Å²) in [5.41, 5.74) is 0.791. The molecule has 1 aromatic rings. The molecule has 0 spiro atoms. The fourth-order valence-electron chi connectivity index (χ4n) is 0.524. The van der Waals surface area contributed by atoms with Gasteiger partial charge in [0.1, 0.15) is 5.82 Å². The second-order valence-electron chi connectivity index (χ2n) is 1.62. The molecular weight excluding hydrogens is 137 g/mol. The number of rotatable bonds is 1. The van der Waals surface area contributed by atoms with Crippen LogP contribution >= 0.6 is 12.8 Å². The molecule has 0 aliphatic carbocycles. The molecule has 1 rings (SSSR count). The Morgan fingerprint density at radius 1 is 1.22 bits per heavy atom. The van der Waals surface area contributed by atoms with Crippen molar-refractivity contribution in [2.45, 2.75) is 0 Å². The van der Waals surface area contributed by atoms with E-state index in [9.17, 15) is 4.39 Å². The largest absolute Gasteiger partial charge is 0.332 e. The van der Waals surface area contributed by atoms with E-state index < -0.39 is 0 Å². The van der Waals surface area contributed by atoms with Crippen LogP contribution in [0.25, 0.3) is 0 Å². The predicted molar refractivity (Wildman–Crippen MR) is 39.0 cm³/mol. The Labute approximate surface area is 58.4 Å². The van der Waals surface area contributed by atoms with Gasteiger partial charge in [0, 0.05) is 5.69 Å². The molecule has 0 radical (unpaired) electrons. The average molecular weight is 143 g/mol. The second kappa shape index (κ2) is 2.73. The molecule has 0 heterocycles. The quantitative estimate of drug-likeness (QED) is 0.573. The van der Waals surface area contributed by atoms with E-state index in [1.165, 1.54) is 12.1 Å². The van der Waals surface area contributed by atoms with Gasteiger partial charge in [-0.15, -0.1) is 0 Å². The molecule has 0 bridgehead atoms. The van der Waals surface area contributed by atoms with E-state index in [2.05, 4.69) is 17.5 Å². The van der Waals surface area contributed by atoms with E-state index in [1.54, 1.807) is 12.1 Å². The number of hydrogen-bond acceptors (Lipinski definition) is 2. The lowest BCUT2D eigenvalue weighted by Crippen LogP contribution is -1.78. The Morgan fingerprint density at radius 2 is 1.78 bits per heavy atom. The molecule has 0 aromatic heterocycles. The summed E-state index contributed by atoms with van der Waals surface area (Å²) >= 11 is 3.77. The Kier molecular flexibility index (Phi) is 1.95. The summed E-state index contributed by atoms with van der Waals surface area (Å²) in [4.78, 5) is 0. The molecule has 1 aromatic carbocycles. The van der Waals surface area contributed by atoms with Gasteiger partial charge >= 0.3 is 0 Å². The number of benzene rings is 1. The van der Waals surface area contributed by atoms with Gasteiger partial charge in [0.2, 0.25) is 0 Å². The van der Waals surface area contributed by atoms with Gasteiger partial charge in [-0.1, -0.05) is 12.8 Å². The van der Waals surface area contributed by atoms with Gasteiger partial charge in [0.15, 0.2) is 0 Å². The van der Waals surface area contributed by atoms with Gasteiger partial charge in [0.25, 0.3) is 0 Å². The molecule has 48 valence electrons. The molecule has 0 aliphatic heterocycles. The van der Waals surface area contributed by atoms with Crippen molar-refractivity contribution < 1.29 is 4.39 Å². The van der Waals surface area contributed by atoms with Gasteiger partial charge in [-0.2, -0.15) is 0 Å². The Morgan fingerprint density at radius 3 is 2.22 bits per heavy atom. The zero-order chi connectivity index (χ0) is 6.69. The van der Waals surface area contributed by atoms with Gasteiger partial charge in [-0.05, 0) is 24.3 Å². The summed E-state index contributed by atoms with van der Waals surface area (Å²) in [6, 6.07) is 5.97. The van der Waals surface area contributed by atoms with Crippen molar-refractivity contribution >= 4 is 18.5 Å². The third kappa shape index (κ3) is 1.61. The van der Waals surface area contributed by atoms with Gasteiger partial charge in [0.05, 0.1) is 0 Å². The van der Waals surface area contributed by atoms with Crippen LogP contribution in [0, 0.1) is 5.82 Å². The van der Waals surface area contributed by atoms with Crippen LogP contribution in [0.4, 0.5) is 10.1 Å². The van der Waals surface area contributed by atoms with Gasteiger partial charge in [-0.3, -0.25) is 0 Å². The zero-order valence-corrected chi connectivity index (χ0v) is 5.53. The van der Waals surface area contributed by atoms with E-state index in [-0.39, 0.29) is 5.82 Å². The van der Waals surface area contributed by atoms with Crippen molar-refractivity contribution in [1.82, 2.24) is 0 Å². The summed E-state index contributed by atoms with van der Waals surface area (Å²) < 4.78 is 14.8. The standard InChI is InChI=1S/C6H6FNS/c7-5-1-3-6(8-9)4-2-5/h1-4,8-9H. The minimum atomic E-state index is -0.234. The second-order valence-corrected chi connectivity index (χ2v) is 1.84. The highest BCUT2D eigenvalue weighted by Crippen LogP contribution is 2.07. The molecule has 1 N–H and O–H groups in total. The first kappa shape index (κ1) is 6.42. The van der Waals surface area contributed by atoms with Gasteiger partial charge < -0.3 is 4.72 Å². The van der Waals surface area contributed by atoms with Crippen molar-refractivity contribution in [2.24, 2.45) is 0 Å². The molecular formula is C6H6FNS. The normalized spacial score (nSPS) is 9.11. The maximum atomic E-state index is 12.2. The number of thiol groups is 1. The predicted octanol–water partition coefficient (Wildman–Crippen LogP) is 2.08. The first-order valence-electron chi connectivity index (χ1n) is 2.48. The lowest BCUT2D eigenvalue weighted by Gasteiger charge is -1.94. The third-order valence-electron chi connectivity index (χ3n) is 0.973. The average Bonchev–Trinajstić information content (AvgIpc) is 1.90. The Balaban J connectivity index is 2.88. The fraction of sp³-hybridized carbons (Fsp3) is 0. The van der Waals surface area contributed by atoms with Crippen molar-refractivity contribution in [2.75, 3.05) is 4.72 Å². The maximum absolute atomic E-state index is 12.2. The lowest BCUT2D eigenvalue weighted by molar-refractivity contribution is 0.628. The Bertz CT molecular complexity index is 185. The molecule has 0 amide bonds.